The van der Waals surface area contributed by atoms with E-state index in [2.05, 4.69) is 18.7 Å². The Balaban J connectivity index is 2.35. The normalized spacial score (nSPS) is 28.4. The minimum atomic E-state index is 0.320. The molecule has 1 saturated heterocycles. The zero-order valence-corrected chi connectivity index (χ0v) is 8.83. The molecule has 1 aliphatic heterocycles. The lowest BCUT2D eigenvalue weighted by Crippen LogP contribution is -2.43. The molecule has 0 aromatic carbocycles. The fraction of sp³-hybridized carbons (Fsp3) is 1.00. The first-order chi connectivity index (χ1) is 6.24. The third-order valence-electron chi connectivity index (χ3n) is 2.71. The van der Waals surface area contributed by atoms with Crippen molar-refractivity contribution in [3.63, 3.8) is 0 Å². The molecule has 0 aromatic heterocycles. The maximum absolute atomic E-state index is 5.93. The monoisotopic (exact) mass is 186 g/mol. The predicted molar refractivity (Wildman–Crippen MR) is 54.7 cm³/mol. The van der Waals surface area contributed by atoms with Gasteiger partial charge in [0.05, 0.1) is 6.61 Å². The molecule has 0 aromatic rings. The molecule has 0 radical (unpaired) electrons. The van der Waals surface area contributed by atoms with Gasteiger partial charge in [0.2, 0.25) is 0 Å². The molecule has 13 heavy (non-hydrogen) atoms. The molecule has 2 atom stereocenters. The Labute approximate surface area is 81.2 Å². The molecular formula is C10H22N2O. The van der Waals surface area contributed by atoms with Crippen LogP contribution in [0.5, 0.6) is 0 Å². The van der Waals surface area contributed by atoms with E-state index in [1.54, 1.807) is 0 Å². The maximum Gasteiger partial charge on any atom is 0.0619 e. The summed E-state index contributed by atoms with van der Waals surface area (Å²) in [7, 11) is 0. The van der Waals surface area contributed by atoms with E-state index in [1.165, 1.54) is 0 Å². The van der Waals surface area contributed by atoms with Gasteiger partial charge in [-0.25, -0.2) is 0 Å². The molecule has 0 amide bonds. The highest BCUT2D eigenvalue weighted by Gasteiger charge is 2.18. The predicted octanol–water partition coefficient (Wildman–Crippen LogP) is 0.834. The molecule has 78 valence electrons. The SMILES string of the molecule is CC[C@@H](N)CN1CCCOCC1C. The molecule has 1 heterocycles. The van der Waals surface area contributed by atoms with Gasteiger partial charge in [-0.1, -0.05) is 6.92 Å². The van der Waals surface area contributed by atoms with E-state index in [-0.39, 0.29) is 0 Å². The highest BCUT2D eigenvalue weighted by Crippen LogP contribution is 2.07. The molecule has 1 rings (SSSR count). The fourth-order valence-corrected chi connectivity index (χ4v) is 1.65. The second kappa shape index (κ2) is 5.58. The summed E-state index contributed by atoms with van der Waals surface area (Å²) in [5.74, 6) is 0. The van der Waals surface area contributed by atoms with Crippen LogP contribution in [0.3, 0.4) is 0 Å². The van der Waals surface area contributed by atoms with Crippen LogP contribution >= 0.6 is 0 Å². The van der Waals surface area contributed by atoms with Gasteiger partial charge in [-0.15, -0.1) is 0 Å². The van der Waals surface area contributed by atoms with E-state index in [1.807, 2.05) is 0 Å². The number of rotatable bonds is 3. The van der Waals surface area contributed by atoms with Crippen molar-refractivity contribution < 1.29 is 4.74 Å². The molecule has 1 aliphatic rings. The quantitative estimate of drug-likeness (QED) is 0.709. The Morgan fingerprint density at radius 3 is 3.08 bits per heavy atom. The van der Waals surface area contributed by atoms with Crippen molar-refractivity contribution in [3.8, 4) is 0 Å². The summed E-state index contributed by atoms with van der Waals surface area (Å²) in [6.45, 7) is 8.27. The van der Waals surface area contributed by atoms with Gasteiger partial charge < -0.3 is 10.5 Å². The smallest absolute Gasteiger partial charge is 0.0619 e. The summed E-state index contributed by atoms with van der Waals surface area (Å²) in [6, 6.07) is 0.848. The molecule has 0 bridgehead atoms. The van der Waals surface area contributed by atoms with Gasteiger partial charge in [-0.3, -0.25) is 4.90 Å². The Hall–Kier alpha value is -0.120. The van der Waals surface area contributed by atoms with Crippen molar-refractivity contribution >= 4 is 0 Å². The number of nitrogens with two attached hydrogens (primary N) is 1. The van der Waals surface area contributed by atoms with Crippen LogP contribution < -0.4 is 5.73 Å². The van der Waals surface area contributed by atoms with E-state index >= 15 is 0 Å². The standard InChI is InChI=1S/C10H22N2O/c1-3-10(11)7-12-5-4-6-13-8-9(12)2/h9-10H,3-8,11H2,1-2H3/t9?,10-/m1/s1. The van der Waals surface area contributed by atoms with E-state index in [0.29, 0.717) is 12.1 Å². The third kappa shape index (κ3) is 3.63. The van der Waals surface area contributed by atoms with Crippen LogP contribution in [0.25, 0.3) is 0 Å². The second-order valence-corrected chi connectivity index (χ2v) is 3.94. The van der Waals surface area contributed by atoms with Crippen LogP contribution in [0.1, 0.15) is 26.7 Å². The average Bonchev–Trinajstić information content (AvgIpc) is 2.32. The van der Waals surface area contributed by atoms with Crippen molar-refractivity contribution in [2.45, 2.75) is 38.8 Å². The Kier molecular flexibility index (Phi) is 4.70. The number of hydrogen-bond donors (Lipinski definition) is 1. The molecule has 0 spiro atoms. The molecule has 0 saturated carbocycles. The lowest BCUT2D eigenvalue weighted by atomic mass is 10.2. The zero-order chi connectivity index (χ0) is 9.68. The highest BCUT2D eigenvalue weighted by atomic mass is 16.5. The Morgan fingerprint density at radius 2 is 2.38 bits per heavy atom. The van der Waals surface area contributed by atoms with Crippen molar-refractivity contribution in [1.29, 1.82) is 0 Å². The molecule has 1 unspecified atom stereocenters. The summed E-state index contributed by atoms with van der Waals surface area (Å²) in [5.41, 5.74) is 5.93. The van der Waals surface area contributed by atoms with Gasteiger partial charge in [0.25, 0.3) is 0 Å². The summed E-state index contributed by atoms with van der Waals surface area (Å²) in [6.07, 6.45) is 2.20. The summed E-state index contributed by atoms with van der Waals surface area (Å²) < 4.78 is 5.47. The van der Waals surface area contributed by atoms with Crippen molar-refractivity contribution in [2.24, 2.45) is 5.73 Å². The molecule has 3 heteroatoms. The van der Waals surface area contributed by atoms with Crippen molar-refractivity contribution in [1.82, 2.24) is 4.90 Å². The fourth-order valence-electron chi connectivity index (χ4n) is 1.65. The van der Waals surface area contributed by atoms with Crippen LogP contribution in [0, 0.1) is 0 Å². The molecule has 0 aliphatic carbocycles. The number of ether oxygens (including phenoxy) is 1. The van der Waals surface area contributed by atoms with Crippen LogP contribution in [0.15, 0.2) is 0 Å². The van der Waals surface area contributed by atoms with Gasteiger partial charge in [-0.05, 0) is 19.8 Å². The van der Waals surface area contributed by atoms with Crippen molar-refractivity contribution in [3.05, 3.63) is 0 Å². The Bertz CT molecular complexity index is 141. The van der Waals surface area contributed by atoms with E-state index in [4.69, 9.17) is 10.5 Å². The topological polar surface area (TPSA) is 38.5 Å². The summed E-state index contributed by atoms with van der Waals surface area (Å²) >= 11 is 0. The number of hydrogen-bond acceptors (Lipinski definition) is 3. The minimum Gasteiger partial charge on any atom is -0.380 e. The molecule has 1 fully saturated rings. The first kappa shape index (κ1) is 11.0. The maximum atomic E-state index is 5.93. The van der Waals surface area contributed by atoms with E-state index < -0.39 is 0 Å². The third-order valence-corrected chi connectivity index (χ3v) is 2.71. The summed E-state index contributed by atoms with van der Waals surface area (Å²) in [4.78, 5) is 2.45. The average molecular weight is 186 g/mol. The lowest BCUT2D eigenvalue weighted by molar-refractivity contribution is 0.105. The highest BCUT2D eigenvalue weighted by molar-refractivity contribution is 4.74. The van der Waals surface area contributed by atoms with Crippen LogP contribution in [-0.2, 0) is 4.74 Å². The van der Waals surface area contributed by atoms with Crippen LogP contribution in [0.2, 0.25) is 0 Å². The molecule has 2 N–H and O–H groups in total. The van der Waals surface area contributed by atoms with Gasteiger partial charge in [-0.2, -0.15) is 0 Å². The van der Waals surface area contributed by atoms with E-state index in [9.17, 15) is 0 Å². The van der Waals surface area contributed by atoms with Gasteiger partial charge >= 0.3 is 0 Å². The minimum absolute atomic E-state index is 0.320. The first-order valence-corrected chi connectivity index (χ1v) is 5.31. The number of nitrogens with zero attached hydrogens (tertiary/aromatic N) is 1. The molecule has 3 nitrogen and oxygen atoms in total. The molecular weight excluding hydrogens is 164 g/mol. The van der Waals surface area contributed by atoms with Gasteiger partial charge in [0.1, 0.15) is 0 Å². The van der Waals surface area contributed by atoms with E-state index in [0.717, 1.165) is 39.1 Å². The lowest BCUT2D eigenvalue weighted by Gasteiger charge is -2.28. The van der Waals surface area contributed by atoms with Crippen LogP contribution in [-0.4, -0.2) is 43.3 Å². The zero-order valence-electron chi connectivity index (χ0n) is 8.83. The first-order valence-electron chi connectivity index (χ1n) is 5.31. The summed E-state index contributed by atoms with van der Waals surface area (Å²) in [5, 5.41) is 0. The van der Waals surface area contributed by atoms with Crippen molar-refractivity contribution in [2.75, 3.05) is 26.3 Å². The van der Waals surface area contributed by atoms with Gasteiger partial charge in [0, 0.05) is 31.8 Å². The second-order valence-electron chi connectivity index (χ2n) is 3.94. The van der Waals surface area contributed by atoms with Gasteiger partial charge in [0.15, 0.2) is 0 Å². The largest absolute Gasteiger partial charge is 0.380 e. The Morgan fingerprint density at radius 1 is 1.62 bits per heavy atom. The van der Waals surface area contributed by atoms with Crippen LogP contribution in [0.4, 0.5) is 0 Å².